The van der Waals surface area contributed by atoms with Crippen LogP contribution < -0.4 is 5.32 Å². The summed E-state index contributed by atoms with van der Waals surface area (Å²) in [6.07, 6.45) is 4.30. The van der Waals surface area contributed by atoms with Gasteiger partial charge < -0.3 is 9.88 Å². The maximum atomic E-state index is 6.04. The van der Waals surface area contributed by atoms with Gasteiger partial charge in [-0.05, 0) is 38.8 Å². The Morgan fingerprint density at radius 2 is 2.57 bits per heavy atom. The third-order valence-electron chi connectivity index (χ3n) is 2.85. The summed E-state index contributed by atoms with van der Waals surface area (Å²) in [5.74, 6) is 1.72. The van der Waals surface area contributed by atoms with Crippen molar-refractivity contribution in [3.05, 3.63) is 17.2 Å². The van der Waals surface area contributed by atoms with Crippen molar-refractivity contribution < 1.29 is 0 Å². The van der Waals surface area contributed by atoms with E-state index in [-0.39, 0.29) is 0 Å². The molecule has 0 aliphatic carbocycles. The summed E-state index contributed by atoms with van der Waals surface area (Å²) in [4.78, 5) is 4.19. The zero-order chi connectivity index (χ0) is 9.97. The second-order valence-electron chi connectivity index (χ2n) is 3.95. The molecule has 2 heterocycles. The average Bonchev–Trinajstić information content (AvgIpc) is 2.51. The molecule has 0 saturated carbocycles. The Hall–Kier alpha value is -0.540. The Morgan fingerprint density at radius 3 is 3.14 bits per heavy atom. The van der Waals surface area contributed by atoms with E-state index in [4.69, 9.17) is 11.6 Å². The number of aromatic nitrogens is 2. The lowest BCUT2D eigenvalue weighted by atomic mass is 10.00. The average molecular weight is 214 g/mol. The molecule has 1 aliphatic rings. The molecule has 0 aromatic carbocycles. The van der Waals surface area contributed by atoms with Crippen molar-refractivity contribution in [2.75, 3.05) is 13.1 Å². The molecule has 0 radical (unpaired) electrons. The molecule has 4 heteroatoms. The van der Waals surface area contributed by atoms with Gasteiger partial charge in [-0.1, -0.05) is 11.6 Å². The lowest BCUT2D eigenvalue weighted by Gasteiger charge is -2.23. The standard InChI is InChI=1S/C10H16ClN3/c1-8-13-6-10(11)14(8)7-9-3-2-4-12-5-9/h6,9,12H,2-5,7H2,1H3. The number of imidazole rings is 1. The molecule has 1 aliphatic heterocycles. The molecule has 1 aromatic heterocycles. The van der Waals surface area contributed by atoms with Crippen molar-refractivity contribution in [3.63, 3.8) is 0 Å². The second-order valence-corrected chi connectivity index (χ2v) is 4.34. The summed E-state index contributed by atoms with van der Waals surface area (Å²) in [7, 11) is 0. The lowest BCUT2D eigenvalue weighted by Crippen LogP contribution is -2.32. The van der Waals surface area contributed by atoms with E-state index in [1.165, 1.54) is 12.8 Å². The molecule has 0 bridgehead atoms. The fourth-order valence-corrected chi connectivity index (χ4v) is 2.24. The van der Waals surface area contributed by atoms with Gasteiger partial charge in [0.25, 0.3) is 0 Å². The highest BCUT2D eigenvalue weighted by molar-refractivity contribution is 6.29. The predicted molar refractivity (Wildman–Crippen MR) is 57.6 cm³/mol. The van der Waals surface area contributed by atoms with Crippen molar-refractivity contribution >= 4 is 11.6 Å². The van der Waals surface area contributed by atoms with Crippen LogP contribution in [-0.2, 0) is 6.54 Å². The van der Waals surface area contributed by atoms with Gasteiger partial charge in [0, 0.05) is 6.54 Å². The summed E-state index contributed by atoms with van der Waals surface area (Å²) >= 11 is 6.04. The molecule has 1 saturated heterocycles. The van der Waals surface area contributed by atoms with Crippen LogP contribution in [0.3, 0.4) is 0 Å². The Balaban J connectivity index is 2.02. The highest BCUT2D eigenvalue weighted by atomic mass is 35.5. The molecule has 3 nitrogen and oxygen atoms in total. The molecular formula is C10H16ClN3. The van der Waals surface area contributed by atoms with Crippen LogP contribution >= 0.6 is 11.6 Å². The molecule has 1 fully saturated rings. The summed E-state index contributed by atoms with van der Waals surface area (Å²) in [6.45, 7) is 5.26. The fraction of sp³-hybridized carbons (Fsp3) is 0.700. The third kappa shape index (κ3) is 2.10. The molecule has 2 rings (SSSR count). The van der Waals surface area contributed by atoms with Gasteiger partial charge in [0.15, 0.2) is 0 Å². The van der Waals surface area contributed by atoms with Crippen LogP contribution in [0.1, 0.15) is 18.7 Å². The van der Waals surface area contributed by atoms with E-state index >= 15 is 0 Å². The van der Waals surface area contributed by atoms with Gasteiger partial charge in [0.05, 0.1) is 6.20 Å². The predicted octanol–water partition coefficient (Wildman–Crippen LogP) is 1.84. The number of piperidine rings is 1. The smallest absolute Gasteiger partial charge is 0.128 e. The third-order valence-corrected chi connectivity index (χ3v) is 3.15. The largest absolute Gasteiger partial charge is 0.319 e. The van der Waals surface area contributed by atoms with E-state index < -0.39 is 0 Å². The summed E-state index contributed by atoms with van der Waals surface area (Å²) in [5.41, 5.74) is 0. The van der Waals surface area contributed by atoms with Crippen LogP contribution in [-0.4, -0.2) is 22.6 Å². The monoisotopic (exact) mass is 213 g/mol. The first-order valence-electron chi connectivity index (χ1n) is 5.15. The van der Waals surface area contributed by atoms with Crippen molar-refractivity contribution in [3.8, 4) is 0 Å². The highest BCUT2D eigenvalue weighted by Gasteiger charge is 2.15. The maximum absolute atomic E-state index is 6.04. The van der Waals surface area contributed by atoms with Gasteiger partial charge in [-0.25, -0.2) is 4.98 Å². The van der Waals surface area contributed by atoms with E-state index in [1.54, 1.807) is 6.20 Å². The summed E-state index contributed by atoms with van der Waals surface area (Å²) in [6, 6.07) is 0. The highest BCUT2D eigenvalue weighted by Crippen LogP contribution is 2.17. The van der Waals surface area contributed by atoms with Crippen molar-refractivity contribution in [2.24, 2.45) is 5.92 Å². The molecule has 1 atom stereocenters. The zero-order valence-electron chi connectivity index (χ0n) is 8.46. The second kappa shape index (κ2) is 4.32. The topological polar surface area (TPSA) is 29.9 Å². The SMILES string of the molecule is Cc1ncc(Cl)n1CC1CCCNC1. The quantitative estimate of drug-likeness (QED) is 0.813. The van der Waals surface area contributed by atoms with Gasteiger partial charge in [-0.2, -0.15) is 0 Å². The zero-order valence-corrected chi connectivity index (χ0v) is 9.22. The minimum absolute atomic E-state index is 0.703. The van der Waals surface area contributed by atoms with Crippen molar-refractivity contribution in [2.45, 2.75) is 26.3 Å². The van der Waals surface area contributed by atoms with Gasteiger partial charge in [-0.3, -0.25) is 0 Å². The molecule has 14 heavy (non-hydrogen) atoms. The van der Waals surface area contributed by atoms with E-state index in [2.05, 4.69) is 14.9 Å². The minimum Gasteiger partial charge on any atom is -0.319 e. The lowest BCUT2D eigenvalue weighted by molar-refractivity contribution is 0.335. The summed E-state index contributed by atoms with van der Waals surface area (Å²) in [5, 5.41) is 4.17. The van der Waals surface area contributed by atoms with Crippen molar-refractivity contribution in [1.29, 1.82) is 0 Å². The molecule has 1 unspecified atom stereocenters. The van der Waals surface area contributed by atoms with Crippen LogP contribution in [0.4, 0.5) is 0 Å². The number of hydrogen-bond donors (Lipinski definition) is 1. The number of aryl methyl sites for hydroxylation is 1. The van der Waals surface area contributed by atoms with Crippen LogP contribution in [0.2, 0.25) is 5.15 Å². The molecule has 0 amide bonds. The van der Waals surface area contributed by atoms with Gasteiger partial charge in [0.1, 0.15) is 11.0 Å². The molecule has 0 spiro atoms. The number of hydrogen-bond acceptors (Lipinski definition) is 2. The van der Waals surface area contributed by atoms with Crippen LogP contribution in [0.5, 0.6) is 0 Å². The number of halogens is 1. The number of nitrogens with zero attached hydrogens (tertiary/aromatic N) is 2. The van der Waals surface area contributed by atoms with E-state index in [9.17, 15) is 0 Å². The fourth-order valence-electron chi connectivity index (χ4n) is 2.00. The van der Waals surface area contributed by atoms with Crippen LogP contribution in [0, 0.1) is 12.8 Å². The van der Waals surface area contributed by atoms with Crippen LogP contribution in [0.25, 0.3) is 0 Å². The van der Waals surface area contributed by atoms with Gasteiger partial charge in [-0.15, -0.1) is 0 Å². The first-order valence-corrected chi connectivity index (χ1v) is 5.53. The maximum Gasteiger partial charge on any atom is 0.128 e. The molecular weight excluding hydrogens is 198 g/mol. The summed E-state index contributed by atoms with van der Waals surface area (Å²) < 4.78 is 2.10. The van der Waals surface area contributed by atoms with Crippen LogP contribution in [0.15, 0.2) is 6.20 Å². The van der Waals surface area contributed by atoms with Gasteiger partial charge >= 0.3 is 0 Å². The van der Waals surface area contributed by atoms with E-state index in [1.807, 2.05) is 6.92 Å². The van der Waals surface area contributed by atoms with E-state index in [0.29, 0.717) is 5.92 Å². The molecule has 1 aromatic rings. The van der Waals surface area contributed by atoms with E-state index in [0.717, 1.165) is 30.6 Å². The number of rotatable bonds is 2. The Morgan fingerprint density at radius 1 is 1.71 bits per heavy atom. The van der Waals surface area contributed by atoms with Crippen molar-refractivity contribution in [1.82, 2.24) is 14.9 Å². The minimum atomic E-state index is 0.703. The Bertz CT molecular complexity index is 283. The Kier molecular flexibility index (Phi) is 3.08. The normalized spacial score (nSPS) is 22.6. The first-order chi connectivity index (χ1) is 6.77. The number of nitrogens with one attached hydrogen (secondary N) is 1. The van der Waals surface area contributed by atoms with Gasteiger partial charge in [0.2, 0.25) is 0 Å². The molecule has 78 valence electrons. The Labute approximate surface area is 89.5 Å². The molecule has 1 N–H and O–H groups in total. The first kappa shape index (κ1) is 9.99.